The monoisotopic (exact) mass is 572 g/mol. The van der Waals surface area contributed by atoms with Gasteiger partial charge in [-0.25, -0.2) is 0 Å². The van der Waals surface area contributed by atoms with Gasteiger partial charge in [-0.05, 0) is 73.4 Å². The van der Waals surface area contributed by atoms with Crippen LogP contribution in [0.3, 0.4) is 0 Å². The summed E-state index contributed by atoms with van der Waals surface area (Å²) in [7, 11) is 0. The van der Waals surface area contributed by atoms with E-state index in [1.165, 1.54) is 22.2 Å². The number of aromatic nitrogens is 4. The number of benzene rings is 4. The van der Waals surface area contributed by atoms with E-state index in [-0.39, 0.29) is 5.91 Å². The van der Waals surface area contributed by atoms with Crippen molar-refractivity contribution in [2.45, 2.75) is 31.8 Å². The summed E-state index contributed by atoms with van der Waals surface area (Å²) in [5.41, 5.74) is 14.5. The van der Waals surface area contributed by atoms with E-state index in [1.54, 1.807) is 29.4 Å². The lowest BCUT2D eigenvalue weighted by atomic mass is 9.81. The van der Waals surface area contributed by atoms with Crippen LogP contribution in [0.5, 0.6) is 0 Å². The highest BCUT2D eigenvalue weighted by Gasteiger charge is 2.40. The number of nitrogen functional groups attached to an aromatic ring is 1. The van der Waals surface area contributed by atoms with Gasteiger partial charge < -0.3 is 15.6 Å². The predicted molar refractivity (Wildman–Crippen MR) is 167 cm³/mol. The molecule has 1 aliphatic heterocycles. The summed E-state index contributed by atoms with van der Waals surface area (Å²) in [4.78, 5) is 13.9. The molecular formula is C34H29ClN6O. The molecule has 8 heteroatoms. The first kappa shape index (κ1) is 26.0. The third-order valence-corrected chi connectivity index (χ3v) is 8.62. The number of nitrogens with one attached hydrogen (secondary N) is 1. The number of carbonyl (C=O) groups excluding carboxylic acids is 1. The maximum Gasteiger partial charge on any atom is 0.253 e. The van der Waals surface area contributed by atoms with Gasteiger partial charge in [-0.3, -0.25) is 9.36 Å². The zero-order valence-corrected chi connectivity index (χ0v) is 23.8. The van der Waals surface area contributed by atoms with Crippen LogP contribution in [0, 0.1) is 6.92 Å². The van der Waals surface area contributed by atoms with Crippen LogP contribution in [-0.2, 0) is 18.5 Å². The van der Waals surface area contributed by atoms with Crippen molar-refractivity contribution >= 4 is 34.1 Å². The van der Waals surface area contributed by atoms with Gasteiger partial charge in [0.1, 0.15) is 12.7 Å². The van der Waals surface area contributed by atoms with E-state index in [9.17, 15) is 4.79 Å². The molecule has 3 N–H and O–H groups in total. The molecule has 0 spiro atoms. The normalized spacial score (nSPS) is 16.3. The molecule has 3 heterocycles. The molecule has 1 aliphatic rings. The number of hydrogen-bond donors (Lipinski definition) is 2. The Bertz CT molecular complexity index is 1950. The number of fused-ring (bicyclic) bond motifs is 3. The number of amides is 1. The van der Waals surface area contributed by atoms with Crippen molar-refractivity contribution in [3.8, 4) is 16.8 Å². The highest BCUT2D eigenvalue weighted by Crippen LogP contribution is 2.43. The minimum Gasteiger partial charge on any atom is -0.399 e. The third kappa shape index (κ3) is 4.43. The molecule has 2 aromatic heterocycles. The van der Waals surface area contributed by atoms with Gasteiger partial charge in [-0.2, -0.15) is 0 Å². The van der Waals surface area contributed by atoms with E-state index < -0.39 is 5.54 Å². The van der Waals surface area contributed by atoms with Crippen molar-refractivity contribution in [1.82, 2.24) is 24.6 Å². The molecule has 0 radical (unpaired) electrons. The Hall–Kier alpha value is -4.88. The number of anilines is 1. The van der Waals surface area contributed by atoms with Crippen LogP contribution in [0.1, 0.15) is 33.6 Å². The highest BCUT2D eigenvalue weighted by atomic mass is 35.5. The number of carbonyl (C=O) groups is 1. The molecule has 6 aromatic rings. The minimum absolute atomic E-state index is 0.217. The largest absolute Gasteiger partial charge is 0.399 e. The quantitative estimate of drug-likeness (QED) is 0.225. The number of rotatable bonds is 5. The summed E-state index contributed by atoms with van der Waals surface area (Å²) >= 11 is 6.68. The van der Waals surface area contributed by atoms with E-state index in [2.05, 4.69) is 63.4 Å². The molecule has 7 rings (SSSR count). The van der Waals surface area contributed by atoms with E-state index >= 15 is 0 Å². The van der Waals surface area contributed by atoms with Gasteiger partial charge in [0.25, 0.3) is 5.91 Å². The highest BCUT2D eigenvalue weighted by molar-refractivity contribution is 6.34. The summed E-state index contributed by atoms with van der Waals surface area (Å²) in [6, 6.07) is 30.3. The standard InChI is InChI=1S/C34H29ClN6O/c1-22-10-13-30-28(16-22)32(23-6-5-9-25(36)17-23)31-14-15-34(19-41(30)31,24-7-3-2-4-8-24)39-33(42)27-12-11-26(18-29(27)35)40-20-37-38-21-40/h2-13,16-18,20-21H,14-15,19,36H2,1H3,(H,39,42)/t34-/m1/s1. The molecule has 7 nitrogen and oxygen atoms in total. The number of hydrogen-bond acceptors (Lipinski definition) is 4. The van der Waals surface area contributed by atoms with Crippen molar-refractivity contribution in [2.75, 3.05) is 5.73 Å². The second-order valence-electron chi connectivity index (χ2n) is 11.0. The minimum atomic E-state index is -0.647. The van der Waals surface area contributed by atoms with Crippen molar-refractivity contribution in [2.24, 2.45) is 0 Å². The molecule has 0 bridgehead atoms. The lowest BCUT2D eigenvalue weighted by Crippen LogP contribution is -2.51. The number of aryl methyl sites for hydroxylation is 1. The summed E-state index contributed by atoms with van der Waals surface area (Å²) in [6.45, 7) is 2.70. The maximum absolute atomic E-state index is 13.9. The van der Waals surface area contributed by atoms with Gasteiger partial charge in [-0.1, -0.05) is 65.7 Å². The molecule has 4 aromatic carbocycles. The van der Waals surface area contributed by atoms with Crippen molar-refractivity contribution in [3.63, 3.8) is 0 Å². The van der Waals surface area contributed by atoms with Gasteiger partial charge in [0.15, 0.2) is 0 Å². The fourth-order valence-corrected chi connectivity index (χ4v) is 6.55. The van der Waals surface area contributed by atoms with Crippen LogP contribution >= 0.6 is 11.6 Å². The molecule has 42 heavy (non-hydrogen) atoms. The van der Waals surface area contributed by atoms with E-state index in [0.29, 0.717) is 17.1 Å². The van der Waals surface area contributed by atoms with E-state index in [4.69, 9.17) is 17.3 Å². The molecule has 208 valence electrons. The Morgan fingerprint density at radius 1 is 0.952 bits per heavy atom. The first-order valence-corrected chi connectivity index (χ1v) is 14.3. The summed E-state index contributed by atoms with van der Waals surface area (Å²) in [6.07, 6.45) is 4.68. The number of nitrogens with two attached hydrogens (primary N) is 1. The molecule has 1 amide bonds. The number of nitrogens with zero attached hydrogens (tertiary/aromatic N) is 4. The lowest BCUT2D eigenvalue weighted by molar-refractivity contribution is 0.0868. The smallest absolute Gasteiger partial charge is 0.253 e. The van der Waals surface area contributed by atoms with Crippen molar-refractivity contribution in [1.29, 1.82) is 0 Å². The van der Waals surface area contributed by atoms with Gasteiger partial charge in [0.05, 0.1) is 22.7 Å². The zero-order valence-electron chi connectivity index (χ0n) is 23.1. The molecule has 0 saturated heterocycles. The van der Waals surface area contributed by atoms with Crippen LogP contribution < -0.4 is 11.1 Å². The Labute approximate surface area is 248 Å². The van der Waals surface area contributed by atoms with Gasteiger partial charge in [0.2, 0.25) is 0 Å². The van der Waals surface area contributed by atoms with Crippen LogP contribution in [0.4, 0.5) is 5.69 Å². The number of halogens is 1. The molecule has 0 unspecified atom stereocenters. The van der Waals surface area contributed by atoms with Gasteiger partial charge in [-0.15, -0.1) is 10.2 Å². The molecule has 0 fully saturated rings. The summed E-state index contributed by atoms with van der Waals surface area (Å²) in [5, 5.41) is 12.7. The van der Waals surface area contributed by atoms with Gasteiger partial charge in [0, 0.05) is 33.5 Å². The van der Waals surface area contributed by atoms with E-state index in [0.717, 1.165) is 40.9 Å². The van der Waals surface area contributed by atoms with Crippen molar-refractivity contribution in [3.05, 3.63) is 131 Å². The average Bonchev–Trinajstić information content (AvgIpc) is 3.64. The second kappa shape index (κ2) is 10.2. The summed E-state index contributed by atoms with van der Waals surface area (Å²) in [5.74, 6) is -0.217. The molecular weight excluding hydrogens is 544 g/mol. The Morgan fingerprint density at radius 2 is 1.76 bits per heavy atom. The first-order valence-electron chi connectivity index (χ1n) is 13.9. The van der Waals surface area contributed by atoms with E-state index in [1.807, 2.05) is 42.5 Å². The molecule has 0 aliphatic carbocycles. The van der Waals surface area contributed by atoms with Crippen LogP contribution in [0.25, 0.3) is 27.7 Å². The summed E-state index contributed by atoms with van der Waals surface area (Å²) < 4.78 is 4.12. The first-order chi connectivity index (χ1) is 20.4. The van der Waals surface area contributed by atoms with Crippen LogP contribution in [0.15, 0.2) is 104 Å². The Balaban J connectivity index is 1.33. The maximum atomic E-state index is 13.9. The Kier molecular flexibility index (Phi) is 6.32. The second-order valence-corrected chi connectivity index (χ2v) is 11.4. The molecule has 1 atom stereocenters. The van der Waals surface area contributed by atoms with Gasteiger partial charge >= 0.3 is 0 Å². The Morgan fingerprint density at radius 3 is 2.52 bits per heavy atom. The predicted octanol–water partition coefficient (Wildman–Crippen LogP) is 6.70. The third-order valence-electron chi connectivity index (χ3n) is 8.31. The lowest BCUT2D eigenvalue weighted by Gasteiger charge is -2.40. The topological polar surface area (TPSA) is 90.8 Å². The zero-order chi connectivity index (χ0) is 28.8. The SMILES string of the molecule is Cc1ccc2c(c1)c(-c1cccc(N)c1)c1n2C[C@@](NC(=O)c2ccc(-n3cnnc3)cc2Cl)(c2ccccc2)CC1. The fraction of sp³-hybridized carbons (Fsp3) is 0.147. The van der Waals surface area contributed by atoms with Crippen molar-refractivity contribution < 1.29 is 4.79 Å². The molecule has 0 saturated carbocycles. The average molecular weight is 573 g/mol. The fourth-order valence-electron chi connectivity index (χ4n) is 6.29. The van der Waals surface area contributed by atoms with Crippen LogP contribution in [-0.4, -0.2) is 25.2 Å². The van der Waals surface area contributed by atoms with Crippen LogP contribution in [0.2, 0.25) is 5.02 Å².